The molecule has 0 saturated heterocycles. The van der Waals surface area contributed by atoms with Gasteiger partial charge in [-0.3, -0.25) is 19.7 Å². The number of primary amides is 1. The summed E-state index contributed by atoms with van der Waals surface area (Å²) in [6.45, 7) is 2.83. The fourth-order valence-electron chi connectivity index (χ4n) is 3.98. The highest BCUT2D eigenvalue weighted by Crippen LogP contribution is 2.40. The number of ether oxygens (including phenoxy) is 2. The van der Waals surface area contributed by atoms with Crippen molar-refractivity contribution in [3.05, 3.63) is 77.4 Å². The lowest BCUT2D eigenvalue weighted by Crippen LogP contribution is -2.28. The molecule has 2 aromatic carbocycles. The van der Waals surface area contributed by atoms with Crippen LogP contribution in [-0.4, -0.2) is 90.2 Å². The van der Waals surface area contributed by atoms with Crippen LogP contribution in [0.4, 0.5) is 8.78 Å². The predicted molar refractivity (Wildman–Crippen MR) is 153 cm³/mol. The Hall–Kier alpha value is -4.75. The Labute approximate surface area is 241 Å². The van der Waals surface area contributed by atoms with Gasteiger partial charge >= 0.3 is 5.97 Å². The van der Waals surface area contributed by atoms with Crippen molar-refractivity contribution >= 4 is 22.9 Å². The number of fused-ring (bicyclic) bond motifs is 1. The molecule has 0 fully saturated rings. The fourth-order valence-corrected chi connectivity index (χ4v) is 3.98. The van der Waals surface area contributed by atoms with Gasteiger partial charge in [-0.1, -0.05) is 12.1 Å². The minimum atomic E-state index is -1.22. The number of hydrogen-bond acceptors (Lipinski definition) is 9. The second kappa shape index (κ2) is 14.2. The normalized spacial score (nSPS) is 10.9. The second-order valence-corrected chi connectivity index (χ2v) is 9.46. The third kappa shape index (κ3) is 7.50. The van der Waals surface area contributed by atoms with Crippen molar-refractivity contribution in [1.29, 1.82) is 0 Å². The number of nitrogens with two attached hydrogens (primary N) is 1. The monoisotopic (exact) mass is 582 g/mol. The first kappa shape index (κ1) is 31.8. The molecule has 0 spiro atoms. The van der Waals surface area contributed by atoms with Gasteiger partial charge in [-0.2, -0.15) is 0 Å². The van der Waals surface area contributed by atoms with Gasteiger partial charge in [0.1, 0.15) is 11.2 Å². The number of carboxylic acids is 1. The molecule has 0 aliphatic rings. The Kier molecular flexibility index (Phi) is 10.8. The van der Waals surface area contributed by atoms with Gasteiger partial charge in [-0.05, 0) is 38.8 Å². The van der Waals surface area contributed by atoms with Crippen LogP contribution in [-0.2, 0) is 6.54 Å². The molecule has 222 valence electrons. The summed E-state index contributed by atoms with van der Waals surface area (Å²) >= 11 is 0. The predicted octanol–water partition coefficient (Wildman–Crippen LogP) is 3.46. The van der Waals surface area contributed by atoms with Crippen LogP contribution in [0.15, 0.2) is 48.9 Å². The Morgan fingerprint density at radius 1 is 0.905 bits per heavy atom. The molecule has 4 aromatic rings. The van der Waals surface area contributed by atoms with Crippen molar-refractivity contribution in [1.82, 2.24) is 24.8 Å². The van der Waals surface area contributed by atoms with E-state index in [0.717, 1.165) is 31.3 Å². The lowest BCUT2D eigenvalue weighted by molar-refractivity contribution is 0.0698. The number of carboxylic acid groups (broad SMARTS) is 1. The Balaban J connectivity index is 0.000000250. The molecule has 0 bridgehead atoms. The van der Waals surface area contributed by atoms with E-state index in [2.05, 4.69) is 45.9 Å². The maximum absolute atomic E-state index is 14.7. The van der Waals surface area contributed by atoms with E-state index in [-0.39, 0.29) is 33.7 Å². The van der Waals surface area contributed by atoms with Crippen LogP contribution in [0.5, 0.6) is 11.5 Å². The van der Waals surface area contributed by atoms with Crippen molar-refractivity contribution < 1.29 is 33.0 Å². The minimum absolute atomic E-state index is 0.0214. The first-order chi connectivity index (χ1) is 20.0. The smallest absolute Gasteiger partial charge is 0.337 e. The van der Waals surface area contributed by atoms with Crippen LogP contribution < -0.4 is 15.2 Å². The molecule has 3 N–H and O–H groups in total. The molecule has 0 aliphatic heterocycles. The Morgan fingerprint density at radius 3 is 2.02 bits per heavy atom. The summed E-state index contributed by atoms with van der Waals surface area (Å²) in [6, 6.07) is 7.14. The molecule has 0 unspecified atom stereocenters. The Bertz CT molecular complexity index is 1540. The SMILES string of the molecule is CN(C)CCN(C)Cc1ccc(C(N)=O)nc1.COc1cc(OC)c(F)c(-c2ccc(C(=O)O)c3nccnc23)c1F. The highest BCUT2D eigenvalue weighted by Gasteiger charge is 2.25. The van der Waals surface area contributed by atoms with E-state index in [1.54, 1.807) is 12.3 Å². The van der Waals surface area contributed by atoms with Gasteiger partial charge in [0, 0.05) is 49.9 Å². The zero-order valence-corrected chi connectivity index (χ0v) is 23.9. The molecule has 4 rings (SSSR count). The summed E-state index contributed by atoms with van der Waals surface area (Å²) in [6.07, 6.45) is 4.31. The molecule has 0 saturated carbocycles. The number of hydrogen-bond donors (Lipinski definition) is 2. The maximum atomic E-state index is 14.7. The number of carbonyl (C=O) groups excluding carboxylic acids is 1. The number of aromatic nitrogens is 3. The van der Waals surface area contributed by atoms with Crippen LogP contribution in [0.1, 0.15) is 26.4 Å². The zero-order valence-electron chi connectivity index (χ0n) is 23.9. The van der Waals surface area contributed by atoms with E-state index in [9.17, 15) is 23.5 Å². The molecule has 1 amide bonds. The number of amides is 1. The fraction of sp³-hybridized carbons (Fsp3) is 0.276. The summed E-state index contributed by atoms with van der Waals surface area (Å²) in [5.41, 5.74) is 6.08. The van der Waals surface area contributed by atoms with E-state index in [0.29, 0.717) is 5.69 Å². The molecular weight excluding hydrogens is 550 g/mol. The number of carbonyl (C=O) groups is 2. The van der Waals surface area contributed by atoms with Crippen LogP contribution >= 0.6 is 0 Å². The number of halogens is 2. The summed E-state index contributed by atoms with van der Waals surface area (Å²) < 4.78 is 39.3. The van der Waals surface area contributed by atoms with Gasteiger partial charge in [0.15, 0.2) is 23.1 Å². The molecule has 0 aliphatic carbocycles. The van der Waals surface area contributed by atoms with Gasteiger partial charge in [0.25, 0.3) is 5.91 Å². The molecular formula is C29H32F2N6O5. The molecule has 2 heterocycles. The van der Waals surface area contributed by atoms with E-state index < -0.39 is 29.1 Å². The summed E-state index contributed by atoms with van der Waals surface area (Å²) in [7, 11) is 8.65. The van der Waals surface area contributed by atoms with Crippen LogP contribution in [0.3, 0.4) is 0 Å². The molecule has 0 atom stereocenters. The highest BCUT2D eigenvalue weighted by atomic mass is 19.1. The quantitative estimate of drug-likeness (QED) is 0.285. The first-order valence-corrected chi connectivity index (χ1v) is 12.6. The molecule has 2 aromatic heterocycles. The Morgan fingerprint density at radius 2 is 1.52 bits per heavy atom. The maximum Gasteiger partial charge on any atom is 0.337 e. The van der Waals surface area contributed by atoms with Crippen molar-refractivity contribution in [3.8, 4) is 22.6 Å². The molecule has 42 heavy (non-hydrogen) atoms. The lowest BCUT2D eigenvalue weighted by Gasteiger charge is -2.19. The van der Waals surface area contributed by atoms with Gasteiger partial charge in [-0.25, -0.2) is 13.6 Å². The van der Waals surface area contributed by atoms with Crippen LogP contribution in [0, 0.1) is 11.6 Å². The first-order valence-electron chi connectivity index (χ1n) is 12.6. The zero-order chi connectivity index (χ0) is 31.0. The summed E-state index contributed by atoms with van der Waals surface area (Å²) in [4.78, 5) is 38.6. The summed E-state index contributed by atoms with van der Waals surface area (Å²) in [5, 5.41) is 9.26. The van der Waals surface area contributed by atoms with Gasteiger partial charge in [0.2, 0.25) is 0 Å². The van der Waals surface area contributed by atoms with Crippen molar-refractivity contribution in [3.63, 3.8) is 0 Å². The van der Waals surface area contributed by atoms with E-state index in [1.807, 2.05) is 6.07 Å². The van der Waals surface area contributed by atoms with Crippen molar-refractivity contribution in [2.75, 3.05) is 48.5 Å². The highest BCUT2D eigenvalue weighted by molar-refractivity contribution is 6.05. The largest absolute Gasteiger partial charge is 0.494 e. The number of methoxy groups -OCH3 is 2. The number of benzene rings is 2. The van der Waals surface area contributed by atoms with Crippen molar-refractivity contribution in [2.45, 2.75) is 6.54 Å². The number of nitrogens with zero attached hydrogens (tertiary/aromatic N) is 5. The molecule has 13 heteroatoms. The average molecular weight is 583 g/mol. The number of pyridine rings is 1. The van der Waals surface area contributed by atoms with E-state index in [1.165, 1.54) is 38.7 Å². The van der Waals surface area contributed by atoms with E-state index in [4.69, 9.17) is 15.2 Å². The number of likely N-dealkylation sites (N-methyl/N-ethyl adjacent to an activating group) is 2. The van der Waals surface area contributed by atoms with Crippen LogP contribution in [0.2, 0.25) is 0 Å². The lowest BCUT2D eigenvalue weighted by atomic mass is 9.99. The summed E-state index contributed by atoms with van der Waals surface area (Å²) in [5.74, 6) is -4.04. The van der Waals surface area contributed by atoms with Crippen molar-refractivity contribution in [2.24, 2.45) is 5.73 Å². The minimum Gasteiger partial charge on any atom is -0.494 e. The van der Waals surface area contributed by atoms with Crippen LogP contribution in [0.25, 0.3) is 22.2 Å². The molecule has 11 nitrogen and oxygen atoms in total. The third-order valence-electron chi connectivity index (χ3n) is 6.16. The van der Waals surface area contributed by atoms with E-state index >= 15 is 0 Å². The van der Waals surface area contributed by atoms with Gasteiger partial charge < -0.3 is 30.1 Å². The molecule has 0 radical (unpaired) electrons. The van der Waals surface area contributed by atoms with Gasteiger partial charge in [0.05, 0.1) is 30.9 Å². The second-order valence-electron chi connectivity index (χ2n) is 9.46. The standard InChI is InChI=1S/C17H12F2N2O4.C12H20N4O/c1-24-10-7-11(25-2)14(19)12(13(10)18)8-3-4-9(17(22)23)16-15(8)20-5-6-21-16;1-15(2)6-7-16(3)9-10-4-5-11(12(13)17)14-8-10/h3-7H,1-2H3,(H,22,23);4-5,8H,6-7,9H2,1-3H3,(H2,13,17). The van der Waals surface area contributed by atoms with Gasteiger partial charge in [-0.15, -0.1) is 0 Å². The third-order valence-corrected chi connectivity index (χ3v) is 6.16. The number of aromatic carboxylic acids is 1. The topological polar surface area (TPSA) is 144 Å². The average Bonchev–Trinajstić information content (AvgIpc) is 2.97. The number of rotatable bonds is 10.